The second kappa shape index (κ2) is 6.52. The van der Waals surface area contributed by atoms with Crippen molar-refractivity contribution in [2.75, 3.05) is 24.5 Å². The molecule has 0 aliphatic carbocycles. The number of nitrogens with zero attached hydrogens (tertiary/aromatic N) is 3. The Morgan fingerprint density at radius 2 is 1.92 bits per heavy atom. The van der Waals surface area contributed by atoms with Crippen molar-refractivity contribution in [3.05, 3.63) is 60.2 Å². The van der Waals surface area contributed by atoms with E-state index in [1.807, 2.05) is 35.2 Å². The van der Waals surface area contributed by atoms with Crippen molar-refractivity contribution in [3.63, 3.8) is 0 Å². The number of benzene rings is 1. The molecule has 2 aliphatic rings. The van der Waals surface area contributed by atoms with E-state index in [1.165, 1.54) is 12.3 Å². The van der Waals surface area contributed by atoms with Gasteiger partial charge in [0.2, 0.25) is 11.9 Å². The first kappa shape index (κ1) is 16.7. The number of anilines is 1. The van der Waals surface area contributed by atoms with E-state index in [4.69, 9.17) is 0 Å². The summed E-state index contributed by atoms with van der Waals surface area (Å²) in [6, 6.07) is 12.3. The number of aromatic nitrogens is 1. The zero-order valence-electron chi connectivity index (χ0n) is 14.4. The summed E-state index contributed by atoms with van der Waals surface area (Å²) < 4.78 is 13.3. The molecule has 0 radical (unpaired) electrons. The van der Waals surface area contributed by atoms with Crippen LogP contribution < -0.4 is 4.90 Å². The summed E-state index contributed by atoms with van der Waals surface area (Å²) >= 11 is 0. The SMILES string of the molecule is O=C(c1ccnc(F)c1)N1CCCC2(CCN(c3ccccc3)C2=O)C1. The largest absolute Gasteiger partial charge is 0.338 e. The maximum atomic E-state index is 13.3. The highest BCUT2D eigenvalue weighted by atomic mass is 19.1. The first-order valence-electron chi connectivity index (χ1n) is 8.87. The van der Waals surface area contributed by atoms with Gasteiger partial charge in [-0.05, 0) is 37.5 Å². The zero-order valence-corrected chi connectivity index (χ0v) is 14.4. The van der Waals surface area contributed by atoms with Gasteiger partial charge in [-0.2, -0.15) is 4.39 Å². The molecule has 1 atom stereocenters. The van der Waals surface area contributed by atoms with Gasteiger partial charge in [0.1, 0.15) is 0 Å². The highest BCUT2D eigenvalue weighted by molar-refractivity contribution is 6.01. The number of hydrogen-bond acceptors (Lipinski definition) is 3. The van der Waals surface area contributed by atoms with Crippen molar-refractivity contribution in [3.8, 4) is 0 Å². The van der Waals surface area contributed by atoms with Crippen LogP contribution in [0.15, 0.2) is 48.7 Å². The minimum atomic E-state index is -0.672. The van der Waals surface area contributed by atoms with Gasteiger partial charge in [0.15, 0.2) is 0 Å². The fourth-order valence-corrected chi connectivity index (χ4v) is 4.08. The van der Waals surface area contributed by atoms with Crippen LogP contribution in [0.2, 0.25) is 0 Å². The fourth-order valence-electron chi connectivity index (χ4n) is 4.08. The second-order valence-electron chi connectivity index (χ2n) is 7.02. The quantitative estimate of drug-likeness (QED) is 0.780. The van der Waals surface area contributed by atoms with Crippen LogP contribution >= 0.6 is 0 Å². The Morgan fingerprint density at radius 1 is 1.12 bits per heavy atom. The van der Waals surface area contributed by atoms with Crippen molar-refractivity contribution in [2.24, 2.45) is 5.41 Å². The van der Waals surface area contributed by atoms with E-state index in [2.05, 4.69) is 4.98 Å². The van der Waals surface area contributed by atoms with Crippen molar-refractivity contribution < 1.29 is 14.0 Å². The molecule has 134 valence electrons. The van der Waals surface area contributed by atoms with E-state index in [0.717, 1.165) is 31.0 Å². The Bertz CT molecular complexity index is 842. The first-order valence-corrected chi connectivity index (χ1v) is 8.87. The minimum absolute atomic E-state index is 0.0853. The number of para-hydroxylation sites is 1. The van der Waals surface area contributed by atoms with E-state index in [1.54, 1.807) is 4.90 Å². The molecule has 6 heteroatoms. The number of piperidine rings is 1. The Labute approximate surface area is 151 Å². The lowest BCUT2D eigenvalue weighted by Crippen LogP contribution is -2.50. The van der Waals surface area contributed by atoms with Crippen LogP contribution in [0.25, 0.3) is 0 Å². The molecule has 26 heavy (non-hydrogen) atoms. The van der Waals surface area contributed by atoms with E-state index in [-0.39, 0.29) is 17.4 Å². The van der Waals surface area contributed by atoms with Crippen molar-refractivity contribution in [1.82, 2.24) is 9.88 Å². The van der Waals surface area contributed by atoms with Gasteiger partial charge in [0.25, 0.3) is 5.91 Å². The highest BCUT2D eigenvalue weighted by Crippen LogP contribution is 2.42. The van der Waals surface area contributed by atoms with Gasteiger partial charge in [0, 0.05) is 43.1 Å². The summed E-state index contributed by atoms with van der Waals surface area (Å²) in [4.78, 5) is 32.9. The molecule has 2 saturated heterocycles. The number of hydrogen-bond donors (Lipinski definition) is 0. The monoisotopic (exact) mass is 353 g/mol. The Hall–Kier alpha value is -2.76. The van der Waals surface area contributed by atoms with Crippen molar-refractivity contribution >= 4 is 17.5 Å². The summed E-state index contributed by atoms with van der Waals surface area (Å²) in [6.07, 6.45) is 3.58. The number of rotatable bonds is 2. The lowest BCUT2D eigenvalue weighted by atomic mass is 9.78. The van der Waals surface area contributed by atoms with Gasteiger partial charge in [0.05, 0.1) is 5.41 Å². The maximum Gasteiger partial charge on any atom is 0.254 e. The molecule has 1 spiro atoms. The average Bonchev–Trinajstić information content (AvgIpc) is 2.98. The van der Waals surface area contributed by atoms with Gasteiger partial charge in [-0.1, -0.05) is 18.2 Å². The number of likely N-dealkylation sites (tertiary alicyclic amines) is 1. The molecule has 2 aliphatic heterocycles. The Morgan fingerprint density at radius 3 is 2.69 bits per heavy atom. The molecule has 1 aromatic carbocycles. The smallest absolute Gasteiger partial charge is 0.254 e. The zero-order chi connectivity index (χ0) is 18.1. The Balaban J connectivity index is 1.55. The van der Waals surface area contributed by atoms with Crippen molar-refractivity contribution in [2.45, 2.75) is 19.3 Å². The van der Waals surface area contributed by atoms with Crippen LogP contribution in [0.3, 0.4) is 0 Å². The third-order valence-electron chi connectivity index (χ3n) is 5.42. The van der Waals surface area contributed by atoms with E-state index >= 15 is 0 Å². The molecule has 1 aromatic heterocycles. The molecular formula is C20H20FN3O2. The van der Waals surface area contributed by atoms with Crippen LogP contribution in [-0.4, -0.2) is 41.3 Å². The standard InChI is InChI=1S/C20H20FN3O2/c21-17-13-15(7-10-22-17)18(25)23-11-4-8-20(14-23)9-12-24(19(20)26)16-5-2-1-3-6-16/h1-3,5-7,10,13H,4,8-9,11-12,14H2. The molecule has 0 bridgehead atoms. The topological polar surface area (TPSA) is 53.5 Å². The lowest BCUT2D eigenvalue weighted by molar-refractivity contribution is -0.127. The number of pyridine rings is 1. The van der Waals surface area contributed by atoms with Gasteiger partial charge in [-0.3, -0.25) is 9.59 Å². The van der Waals surface area contributed by atoms with Gasteiger partial charge < -0.3 is 9.80 Å². The molecule has 4 rings (SSSR count). The van der Waals surface area contributed by atoms with Gasteiger partial charge in [-0.25, -0.2) is 4.98 Å². The summed E-state index contributed by atoms with van der Waals surface area (Å²) in [5.41, 5.74) is 0.643. The number of halogens is 1. The second-order valence-corrected chi connectivity index (χ2v) is 7.02. The predicted octanol–water partition coefficient (Wildman–Crippen LogP) is 2.88. The van der Waals surface area contributed by atoms with Gasteiger partial charge in [-0.15, -0.1) is 0 Å². The molecular weight excluding hydrogens is 333 g/mol. The van der Waals surface area contributed by atoms with Crippen molar-refractivity contribution in [1.29, 1.82) is 0 Å². The molecule has 2 amide bonds. The molecule has 2 fully saturated rings. The molecule has 0 N–H and O–H groups in total. The first-order chi connectivity index (χ1) is 12.6. The molecule has 2 aromatic rings. The summed E-state index contributed by atoms with van der Waals surface area (Å²) in [7, 11) is 0. The average molecular weight is 353 g/mol. The lowest BCUT2D eigenvalue weighted by Gasteiger charge is -2.39. The van der Waals surface area contributed by atoms with E-state index < -0.39 is 11.4 Å². The van der Waals surface area contributed by atoms with Crippen LogP contribution in [0, 0.1) is 11.4 Å². The van der Waals surface area contributed by atoms with Crippen LogP contribution in [0.4, 0.5) is 10.1 Å². The van der Waals surface area contributed by atoms with E-state index in [9.17, 15) is 14.0 Å². The summed E-state index contributed by atoms with van der Waals surface area (Å²) in [5, 5.41) is 0. The summed E-state index contributed by atoms with van der Waals surface area (Å²) in [6.45, 7) is 1.63. The van der Waals surface area contributed by atoms with Crippen LogP contribution in [0.1, 0.15) is 29.6 Å². The number of carbonyl (C=O) groups is 2. The number of amides is 2. The fraction of sp³-hybridized carbons (Fsp3) is 0.350. The normalized spacial score (nSPS) is 22.9. The third kappa shape index (κ3) is 2.85. The molecule has 5 nitrogen and oxygen atoms in total. The molecule has 3 heterocycles. The van der Waals surface area contributed by atoms with E-state index in [0.29, 0.717) is 19.6 Å². The maximum absolute atomic E-state index is 13.3. The Kier molecular flexibility index (Phi) is 4.18. The molecule has 0 saturated carbocycles. The molecule has 1 unspecified atom stereocenters. The van der Waals surface area contributed by atoms with Crippen LogP contribution in [-0.2, 0) is 4.79 Å². The highest BCUT2D eigenvalue weighted by Gasteiger charge is 2.50. The summed E-state index contributed by atoms with van der Waals surface area (Å²) in [5.74, 6) is -0.826. The number of carbonyl (C=O) groups excluding carboxylic acids is 2. The predicted molar refractivity (Wildman–Crippen MR) is 95.2 cm³/mol. The minimum Gasteiger partial charge on any atom is -0.338 e. The third-order valence-corrected chi connectivity index (χ3v) is 5.42. The van der Waals surface area contributed by atoms with Gasteiger partial charge >= 0.3 is 0 Å². The van der Waals surface area contributed by atoms with Crippen LogP contribution in [0.5, 0.6) is 0 Å².